The lowest BCUT2D eigenvalue weighted by molar-refractivity contribution is 0.0226. The highest BCUT2D eigenvalue weighted by molar-refractivity contribution is 5.26. The van der Waals surface area contributed by atoms with Crippen LogP contribution >= 0.6 is 0 Å². The molecule has 0 heterocycles. The molecule has 0 atom stereocenters. The molecule has 74 valence electrons. The van der Waals surface area contributed by atoms with Crippen molar-refractivity contribution < 1.29 is 8.78 Å². The third kappa shape index (κ3) is 3.53. The van der Waals surface area contributed by atoms with Crippen molar-refractivity contribution in [1.29, 1.82) is 5.26 Å². The Morgan fingerprint density at radius 2 is 2.00 bits per heavy atom. The molecule has 14 heavy (non-hydrogen) atoms. The third-order valence-corrected chi connectivity index (χ3v) is 1.79. The highest BCUT2D eigenvalue weighted by Crippen LogP contribution is 2.19. The zero-order valence-corrected chi connectivity index (χ0v) is 7.93. The minimum Gasteiger partial charge on any atom is -0.207 e. The lowest BCUT2D eigenvalue weighted by Crippen LogP contribution is -2.13. The van der Waals surface area contributed by atoms with Crippen LogP contribution in [0.25, 0.3) is 0 Å². The van der Waals surface area contributed by atoms with E-state index >= 15 is 0 Å². The average Bonchev–Trinajstić information content (AvgIpc) is 2.02. The predicted octanol–water partition coefficient (Wildman–Crippen LogP) is 2.95. The number of rotatable bonds is 3. The van der Waals surface area contributed by atoms with E-state index in [1.165, 1.54) is 0 Å². The van der Waals surface area contributed by atoms with E-state index in [-0.39, 0.29) is 12.8 Å². The van der Waals surface area contributed by atoms with Gasteiger partial charge in [-0.2, -0.15) is 5.26 Å². The van der Waals surface area contributed by atoms with Crippen LogP contribution in [-0.2, 0) is 12.8 Å². The number of nitrogens with zero attached hydrogens (tertiary/aromatic N) is 1. The van der Waals surface area contributed by atoms with Crippen molar-refractivity contribution in [3.05, 3.63) is 35.4 Å². The Balaban J connectivity index is 2.79. The van der Waals surface area contributed by atoms with Crippen LogP contribution in [0.1, 0.15) is 18.1 Å². The Morgan fingerprint density at radius 1 is 1.36 bits per heavy atom. The van der Waals surface area contributed by atoms with Gasteiger partial charge in [-0.3, -0.25) is 0 Å². The van der Waals surface area contributed by atoms with Crippen molar-refractivity contribution >= 4 is 0 Å². The molecule has 0 aliphatic carbocycles. The normalized spacial score (nSPS) is 11.0. The summed E-state index contributed by atoms with van der Waals surface area (Å²) in [6.07, 6.45) is -0.00457. The monoisotopic (exact) mass is 195 g/mol. The van der Waals surface area contributed by atoms with E-state index in [1.54, 1.807) is 24.3 Å². The zero-order valence-electron chi connectivity index (χ0n) is 7.93. The van der Waals surface area contributed by atoms with Crippen LogP contribution in [0.3, 0.4) is 0 Å². The molecule has 0 radical (unpaired) electrons. The SMILES string of the molecule is CC(F)(F)Cc1cccc(CC#N)c1. The Hall–Kier alpha value is -1.43. The molecule has 0 saturated carbocycles. The number of hydrogen-bond donors (Lipinski definition) is 0. The number of alkyl halides is 2. The summed E-state index contributed by atoms with van der Waals surface area (Å²) in [7, 11) is 0. The summed E-state index contributed by atoms with van der Waals surface area (Å²) in [6, 6.07) is 8.76. The molecule has 0 aliphatic rings. The first-order valence-electron chi connectivity index (χ1n) is 4.34. The van der Waals surface area contributed by atoms with Crippen LogP contribution in [0, 0.1) is 11.3 Å². The Morgan fingerprint density at radius 3 is 2.57 bits per heavy atom. The molecule has 0 unspecified atom stereocenters. The van der Waals surface area contributed by atoms with Gasteiger partial charge in [-0.05, 0) is 18.1 Å². The largest absolute Gasteiger partial charge is 0.249 e. The topological polar surface area (TPSA) is 23.8 Å². The number of benzene rings is 1. The second-order valence-electron chi connectivity index (χ2n) is 3.40. The predicted molar refractivity (Wildman–Crippen MR) is 50.1 cm³/mol. The van der Waals surface area contributed by atoms with Crippen molar-refractivity contribution in [2.45, 2.75) is 25.7 Å². The van der Waals surface area contributed by atoms with Gasteiger partial charge in [0.25, 0.3) is 0 Å². The van der Waals surface area contributed by atoms with E-state index in [1.807, 2.05) is 6.07 Å². The lowest BCUT2D eigenvalue weighted by Gasteiger charge is -2.10. The smallest absolute Gasteiger partial charge is 0.207 e. The van der Waals surface area contributed by atoms with Gasteiger partial charge in [-0.15, -0.1) is 0 Å². The average molecular weight is 195 g/mol. The van der Waals surface area contributed by atoms with Crippen molar-refractivity contribution in [3.8, 4) is 6.07 Å². The van der Waals surface area contributed by atoms with Crippen molar-refractivity contribution in [2.75, 3.05) is 0 Å². The molecular formula is C11H11F2N. The van der Waals surface area contributed by atoms with Gasteiger partial charge in [0.15, 0.2) is 0 Å². The van der Waals surface area contributed by atoms with E-state index < -0.39 is 5.92 Å². The second-order valence-corrected chi connectivity index (χ2v) is 3.40. The summed E-state index contributed by atoms with van der Waals surface area (Å²) in [4.78, 5) is 0. The first-order valence-corrected chi connectivity index (χ1v) is 4.34. The summed E-state index contributed by atoms with van der Waals surface area (Å²) < 4.78 is 25.3. The summed E-state index contributed by atoms with van der Waals surface area (Å²) in [5.41, 5.74) is 1.36. The van der Waals surface area contributed by atoms with Crippen molar-refractivity contribution in [1.82, 2.24) is 0 Å². The van der Waals surface area contributed by atoms with Gasteiger partial charge in [-0.25, -0.2) is 8.78 Å². The quantitative estimate of drug-likeness (QED) is 0.727. The van der Waals surface area contributed by atoms with Gasteiger partial charge in [-0.1, -0.05) is 24.3 Å². The van der Waals surface area contributed by atoms with E-state index in [0.29, 0.717) is 5.56 Å². The molecule has 1 nitrogen and oxygen atoms in total. The second kappa shape index (κ2) is 4.19. The molecule has 1 aromatic carbocycles. The van der Waals surface area contributed by atoms with Gasteiger partial charge in [0.1, 0.15) is 0 Å². The fourth-order valence-corrected chi connectivity index (χ4v) is 1.30. The molecule has 0 fully saturated rings. The summed E-state index contributed by atoms with van der Waals surface area (Å²) >= 11 is 0. The lowest BCUT2D eigenvalue weighted by atomic mass is 10.0. The standard InChI is InChI=1S/C11H11F2N/c1-11(12,13)8-10-4-2-3-9(7-10)5-6-14/h2-4,7H,5,8H2,1H3. The molecular weight excluding hydrogens is 184 g/mol. The number of hydrogen-bond acceptors (Lipinski definition) is 1. The first kappa shape index (κ1) is 10.6. The zero-order chi connectivity index (χ0) is 10.6. The minimum absolute atomic E-state index is 0.267. The van der Waals surface area contributed by atoms with Crippen LogP contribution < -0.4 is 0 Å². The maximum Gasteiger partial charge on any atom is 0.249 e. The van der Waals surface area contributed by atoms with E-state index in [4.69, 9.17) is 5.26 Å². The summed E-state index contributed by atoms with van der Waals surface area (Å²) in [5, 5.41) is 8.45. The van der Waals surface area contributed by atoms with E-state index in [9.17, 15) is 8.78 Å². The summed E-state index contributed by atoms with van der Waals surface area (Å²) in [6.45, 7) is 0.893. The maximum atomic E-state index is 12.7. The van der Waals surface area contributed by atoms with E-state index in [2.05, 4.69) is 0 Å². The van der Waals surface area contributed by atoms with Crippen LogP contribution in [-0.4, -0.2) is 5.92 Å². The third-order valence-electron chi connectivity index (χ3n) is 1.79. The molecule has 0 N–H and O–H groups in total. The molecule has 0 aromatic heterocycles. The fraction of sp³-hybridized carbons (Fsp3) is 0.364. The molecule has 0 bridgehead atoms. The van der Waals surface area contributed by atoms with Crippen molar-refractivity contribution in [3.63, 3.8) is 0 Å². The number of halogens is 2. The fourth-order valence-electron chi connectivity index (χ4n) is 1.30. The van der Waals surface area contributed by atoms with Crippen LogP contribution in [0.5, 0.6) is 0 Å². The Labute approximate surface area is 82.0 Å². The van der Waals surface area contributed by atoms with Gasteiger partial charge in [0, 0.05) is 6.42 Å². The van der Waals surface area contributed by atoms with Gasteiger partial charge >= 0.3 is 0 Å². The van der Waals surface area contributed by atoms with Crippen LogP contribution in [0.4, 0.5) is 8.78 Å². The Bertz CT molecular complexity index is 347. The van der Waals surface area contributed by atoms with Crippen LogP contribution in [0.2, 0.25) is 0 Å². The van der Waals surface area contributed by atoms with Crippen LogP contribution in [0.15, 0.2) is 24.3 Å². The summed E-state index contributed by atoms with van der Waals surface area (Å²) in [5.74, 6) is -2.69. The van der Waals surface area contributed by atoms with E-state index in [0.717, 1.165) is 12.5 Å². The molecule has 3 heteroatoms. The van der Waals surface area contributed by atoms with Gasteiger partial charge < -0.3 is 0 Å². The van der Waals surface area contributed by atoms with Crippen molar-refractivity contribution in [2.24, 2.45) is 0 Å². The molecule has 0 aliphatic heterocycles. The minimum atomic E-state index is -2.69. The highest BCUT2D eigenvalue weighted by atomic mass is 19.3. The molecule has 1 rings (SSSR count). The number of nitriles is 1. The van der Waals surface area contributed by atoms with Gasteiger partial charge in [0.2, 0.25) is 5.92 Å². The first-order chi connectivity index (χ1) is 6.51. The molecule has 0 saturated heterocycles. The molecule has 0 spiro atoms. The highest BCUT2D eigenvalue weighted by Gasteiger charge is 2.21. The molecule has 1 aromatic rings. The molecule has 0 amide bonds. The Kier molecular flexibility index (Phi) is 3.19. The maximum absolute atomic E-state index is 12.7. The van der Waals surface area contributed by atoms with Gasteiger partial charge in [0.05, 0.1) is 12.5 Å².